The average molecular weight is 175 g/mol. The number of nitrogens with zero attached hydrogens (tertiary/aromatic N) is 1. The lowest BCUT2D eigenvalue weighted by Gasteiger charge is -2.22. The van der Waals surface area contributed by atoms with Crippen LogP contribution in [-0.2, 0) is 0 Å². The largest absolute Gasteiger partial charge is 0.398 e. The summed E-state index contributed by atoms with van der Waals surface area (Å²) in [5.74, 6) is 0. The Morgan fingerprint density at radius 1 is 1.54 bits per heavy atom. The van der Waals surface area contributed by atoms with Gasteiger partial charge < -0.3 is 5.73 Å². The smallest absolute Gasteiger partial charge is 0.183 e. The van der Waals surface area contributed by atoms with Crippen LogP contribution in [0.25, 0.3) is 0 Å². The predicted octanol–water partition coefficient (Wildman–Crippen LogP) is 1.20. The predicted molar refractivity (Wildman–Crippen MR) is 54.8 cm³/mol. The van der Waals surface area contributed by atoms with E-state index in [2.05, 4.69) is 36.8 Å². The summed E-state index contributed by atoms with van der Waals surface area (Å²) >= 11 is 0. The molecule has 2 N–H and O–H groups in total. The van der Waals surface area contributed by atoms with Gasteiger partial charge >= 0.3 is 0 Å². The maximum absolute atomic E-state index is 5.95. The highest BCUT2D eigenvalue weighted by molar-refractivity contribution is 5.90. The molecule has 13 heavy (non-hydrogen) atoms. The van der Waals surface area contributed by atoms with Gasteiger partial charge in [0.2, 0.25) is 0 Å². The second-order valence-corrected chi connectivity index (χ2v) is 3.65. The summed E-state index contributed by atoms with van der Waals surface area (Å²) in [6, 6.07) is 0.454. The van der Waals surface area contributed by atoms with Gasteiger partial charge in [0, 0.05) is 30.7 Å². The zero-order chi connectivity index (χ0) is 9.42. The van der Waals surface area contributed by atoms with E-state index in [0.717, 1.165) is 12.1 Å². The van der Waals surface area contributed by atoms with Crippen LogP contribution in [0.5, 0.6) is 0 Å². The Bertz CT molecular complexity index is 356. The Balaban J connectivity index is 2.49. The van der Waals surface area contributed by atoms with Gasteiger partial charge in [-0.3, -0.25) is 0 Å². The van der Waals surface area contributed by atoms with E-state index in [1.165, 1.54) is 11.3 Å². The van der Waals surface area contributed by atoms with Crippen molar-refractivity contribution in [3.63, 3.8) is 0 Å². The van der Waals surface area contributed by atoms with Gasteiger partial charge in [-0.05, 0) is 0 Å². The van der Waals surface area contributed by atoms with Crippen molar-refractivity contribution in [2.45, 2.75) is 19.4 Å². The molecule has 0 aromatic carbocycles. The molecule has 0 fully saturated rings. The molecule has 1 aliphatic heterocycles. The van der Waals surface area contributed by atoms with Gasteiger partial charge in [0.05, 0.1) is 0 Å². The van der Waals surface area contributed by atoms with Crippen molar-refractivity contribution in [1.82, 2.24) is 0 Å². The number of nitrogens with two attached hydrogens (primary N) is 1. The highest BCUT2D eigenvalue weighted by atomic mass is 15.0. The minimum Gasteiger partial charge on any atom is -0.398 e. The average Bonchev–Trinajstić information content (AvgIpc) is 2.15. The van der Waals surface area contributed by atoms with Crippen molar-refractivity contribution in [3.8, 4) is 0 Å². The van der Waals surface area contributed by atoms with Crippen LogP contribution in [0.15, 0.2) is 35.6 Å². The summed E-state index contributed by atoms with van der Waals surface area (Å²) in [4.78, 5) is 0. The Morgan fingerprint density at radius 2 is 2.31 bits per heavy atom. The molecule has 0 aromatic rings. The summed E-state index contributed by atoms with van der Waals surface area (Å²) in [6.07, 6.45) is 9.50. The number of hydrogen-bond donors (Lipinski definition) is 1. The minimum atomic E-state index is 0.454. The lowest BCUT2D eigenvalue weighted by atomic mass is 9.92. The molecule has 1 heterocycles. The SMILES string of the molecule is CC1=[N+](C)C2CC=CC=C2C(N)=C1. The van der Waals surface area contributed by atoms with E-state index in [4.69, 9.17) is 5.73 Å². The van der Waals surface area contributed by atoms with Crippen LogP contribution in [0.2, 0.25) is 0 Å². The fourth-order valence-electron chi connectivity index (χ4n) is 1.93. The molecule has 0 radical (unpaired) electrons. The molecule has 68 valence electrons. The third-order valence-corrected chi connectivity index (χ3v) is 2.85. The molecule has 1 atom stereocenters. The topological polar surface area (TPSA) is 29.0 Å². The van der Waals surface area contributed by atoms with Gasteiger partial charge in [-0.2, -0.15) is 0 Å². The zero-order valence-electron chi connectivity index (χ0n) is 8.12. The number of allylic oxidation sites excluding steroid dienone is 3. The van der Waals surface area contributed by atoms with Gasteiger partial charge in [-0.15, -0.1) is 0 Å². The summed E-state index contributed by atoms with van der Waals surface area (Å²) in [7, 11) is 2.12. The van der Waals surface area contributed by atoms with Crippen LogP contribution < -0.4 is 5.73 Å². The first-order chi connectivity index (χ1) is 6.20. The normalized spacial score (nSPS) is 26.8. The lowest BCUT2D eigenvalue weighted by molar-refractivity contribution is -0.528. The summed E-state index contributed by atoms with van der Waals surface area (Å²) < 4.78 is 2.28. The fraction of sp³-hybridized carbons (Fsp3) is 0.364. The van der Waals surface area contributed by atoms with Gasteiger partial charge in [0.1, 0.15) is 7.05 Å². The lowest BCUT2D eigenvalue weighted by Crippen LogP contribution is -2.35. The fourth-order valence-corrected chi connectivity index (χ4v) is 1.93. The Kier molecular flexibility index (Phi) is 1.83. The first kappa shape index (κ1) is 8.30. The summed E-state index contributed by atoms with van der Waals surface area (Å²) in [6.45, 7) is 2.10. The molecule has 0 saturated carbocycles. The van der Waals surface area contributed by atoms with Crippen LogP contribution in [0.3, 0.4) is 0 Å². The van der Waals surface area contributed by atoms with Gasteiger partial charge in [0.15, 0.2) is 11.8 Å². The van der Waals surface area contributed by atoms with Crippen LogP contribution in [0.1, 0.15) is 13.3 Å². The molecular weight excluding hydrogens is 160 g/mol. The first-order valence-electron chi connectivity index (χ1n) is 4.61. The Labute approximate surface area is 78.8 Å². The van der Waals surface area contributed by atoms with Gasteiger partial charge in [-0.1, -0.05) is 18.2 Å². The molecule has 0 bridgehead atoms. The van der Waals surface area contributed by atoms with E-state index in [-0.39, 0.29) is 0 Å². The zero-order valence-corrected chi connectivity index (χ0v) is 8.12. The third-order valence-electron chi connectivity index (χ3n) is 2.85. The molecule has 2 heteroatoms. The highest BCUT2D eigenvalue weighted by Crippen LogP contribution is 2.23. The highest BCUT2D eigenvalue weighted by Gasteiger charge is 2.29. The van der Waals surface area contributed by atoms with Gasteiger partial charge in [0.25, 0.3) is 0 Å². The number of fused-ring (bicyclic) bond motifs is 1. The molecule has 2 nitrogen and oxygen atoms in total. The quantitative estimate of drug-likeness (QED) is 0.551. The van der Waals surface area contributed by atoms with E-state index in [1.807, 2.05) is 6.08 Å². The second-order valence-electron chi connectivity index (χ2n) is 3.65. The molecular formula is C11H15N2+. The first-order valence-corrected chi connectivity index (χ1v) is 4.61. The molecule has 2 aliphatic rings. The van der Waals surface area contributed by atoms with Crippen molar-refractivity contribution in [2.24, 2.45) is 5.73 Å². The van der Waals surface area contributed by atoms with E-state index >= 15 is 0 Å². The molecule has 1 aliphatic carbocycles. The summed E-state index contributed by atoms with van der Waals surface area (Å²) in [5.41, 5.74) is 9.38. The van der Waals surface area contributed by atoms with Crippen molar-refractivity contribution in [2.75, 3.05) is 7.05 Å². The Morgan fingerprint density at radius 3 is 3.08 bits per heavy atom. The number of rotatable bonds is 0. The summed E-state index contributed by atoms with van der Waals surface area (Å²) in [5, 5.41) is 0. The minimum absolute atomic E-state index is 0.454. The maximum Gasteiger partial charge on any atom is 0.183 e. The molecule has 1 unspecified atom stereocenters. The van der Waals surface area contributed by atoms with E-state index in [0.29, 0.717) is 6.04 Å². The maximum atomic E-state index is 5.95. The second kappa shape index (κ2) is 2.87. The third kappa shape index (κ3) is 1.22. The van der Waals surface area contributed by atoms with Crippen molar-refractivity contribution in [3.05, 3.63) is 35.6 Å². The molecule has 0 saturated heterocycles. The van der Waals surface area contributed by atoms with Crippen molar-refractivity contribution in [1.29, 1.82) is 0 Å². The Hall–Kier alpha value is -1.31. The molecule has 0 amide bonds. The van der Waals surface area contributed by atoms with Crippen LogP contribution in [0.4, 0.5) is 0 Å². The van der Waals surface area contributed by atoms with E-state index in [9.17, 15) is 0 Å². The molecule has 2 rings (SSSR count). The van der Waals surface area contributed by atoms with E-state index < -0.39 is 0 Å². The monoisotopic (exact) mass is 175 g/mol. The van der Waals surface area contributed by atoms with Crippen LogP contribution in [-0.4, -0.2) is 23.4 Å². The number of likely N-dealkylation sites (N-methyl/N-ethyl adjacent to an activating group) is 1. The van der Waals surface area contributed by atoms with Crippen LogP contribution in [0, 0.1) is 0 Å². The van der Waals surface area contributed by atoms with Gasteiger partial charge in [-0.25, -0.2) is 4.58 Å². The van der Waals surface area contributed by atoms with Crippen molar-refractivity contribution >= 4 is 5.71 Å². The standard InChI is InChI=1S/C11H14N2/c1-8-7-10(12)9-5-3-4-6-11(9)13(8)2/h3-5,7,11-12H,6H2,1-2H3/p+1. The van der Waals surface area contributed by atoms with Crippen molar-refractivity contribution < 1.29 is 4.58 Å². The molecule has 0 spiro atoms. The number of hydrogen-bond acceptors (Lipinski definition) is 1. The van der Waals surface area contributed by atoms with Crippen LogP contribution >= 0.6 is 0 Å². The van der Waals surface area contributed by atoms with E-state index in [1.54, 1.807) is 0 Å². The molecule has 0 aromatic heterocycles.